The molecule has 1 atom stereocenters. The van der Waals surface area contributed by atoms with Crippen LogP contribution in [0.25, 0.3) is 0 Å². The number of hydrogen-bond acceptors (Lipinski definition) is 5. The Bertz CT molecular complexity index is 766. The molecule has 1 aliphatic heterocycles. The summed E-state index contributed by atoms with van der Waals surface area (Å²) in [5, 5.41) is 11.6. The van der Waals surface area contributed by atoms with E-state index in [-0.39, 0.29) is 5.92 Å². The molecule has 2 heterocycles. The fourth-order valence-corrected chi connectivity index (χ4v) is 5.92. The van der Waals surface area contributed by atoms with Gasteiger partial charge in [-0.05, 0) is 62.3 Å². The molecule has 5 nitrogen and oxygen atoms in total. The molecular formula is C17H23BN2O3S2. The Labute approximate surface area is 154 Å². The summed E-state index contributed by atoms with van der Waals surface area (Å²) < 4.78 is 28.2. The van der Waals surface area contributed by atoms with Gasteiger partial charge < -0.3 is 9.83 Å². The standard InChI is InChI=1S/C17H23BN2O3S2/c1-18(21)19-11-5-7-15(13-19)14-20(16-8-3-2-4-9-16)25(22,23)17-10-6-12-24-17/h2-4,6,8-10,12,15,21H,5,7,11,13-14H2,1H3. The summed E-state index contributed by atoms with van der Waals surface area (Å²) >= 11 is 1.24. The van der Waals surface area contributed by atoms with Crippen molar-refractivity contribution in [3.05, 3.63) is 47.8 Å². The zero-order valence-corrected chi connectivity index (χ0v) is 15.9. The van der Waals surface area contributed by atoms with Crippen molar-refractivity contribution in [2.45, 2.75) is 23.9 Å². The Kier molecular flexibility index (Phi) is 5.83. The van der Waals surface area contributed by atoms with Gasteiger partial charge in [0.15, 0.2) is 0 Å². The molecule has 2 aromatic rings. The van der Waals surface area contributed by atoms with Crippen LogP contribution in [-0.2, 0) is 10.0 Å². The summed E-state index contributed by atoms with van der Waals surface area (Å²) in [7, 11) is -4.08. The molecule has 1 aliphatic rings. The number of rotatable bonds is 6. The second-order valence-corrected chi connectivity index (χ2v) is 9.48. The number of thiophene rings is 1. The number of para-hydroxylation sites is 1. The molecule has 0 aliphatic carbocycles. The molecule has 0 spiro atoms. The molecule has 0 radical (unpaired) electrons. The highest BCUT2D eigenvalue weighted by Gasteiger charge is 2.31. The lowest BCUT2D eigenvalue weighted by atomic mass is 9.80. The zero-order chi connectivity index (χ0) is 17.9. The predicted octanol–water partition coefficient (Wildman–Crippen LogP) is 2.77. The molecule has 1 fully saturated rings. The number of hydrogen-bond donors (Lipinski definition) is 1. The van der Waals surface area contributed by atoms with E-state index < -0.39 is 17.1 Å². The van der Waals surface area contributed by atoms with E-state index >= 15 is 0 Å². The van der Waals surface area contributed by atoms with Gasteiger partial charge in [-0.1, -0.05) is 24.3 Å². The van der Waals surface area contributed by atoms with Crippen molar-refractivity contribution >= 4 is 34.1 Å². The van der Waals surface area contributed by atoms with Crippen molar-refractivity contribution < 1.29 is 13.4 Å². The normalized spacial score (nSPS) is 18.9. The van der Waals surface area contributed by atoms with Gasteiger partial charge in [0.1, 0.15) is 4.21 Å². The topological polar surface area (TPSA) is 60.9 Å². The third-order valence-electron chi connectivity index (χ3n) is 4.59. The minimum atomic E-state index is -3.58. The molecule has 1 aromatic heterocycles. The van der Waals surface area contributed by atoms with Crippen LogP contribution in [0.4, 0.5) is 5.69 Å². The molecule has 1 aromatic carbocycles. The van der Waals surface area contributed by atoms with Crippen LogP contribution in [0.3, 0.4) is 0 Å². The number of benzene rings is 1. The number of nitrogens with zero attached hydrogens (tertiary/aromatic N) is 2. The lowest BCUT2D eigenvalue weighted by Gasteiger charge is -2.36. The maximum Gasteiger partial charge on any atom is 0.376 e. The summed E-state index contributed by atoms with van der Waals surface area (Å²) in [5.74, 6) is 0.193. The molecule has 0 bridgehead atoms. The Morgan fingerprint density at radius 2 is 2.04 bits per heavy atom. The lowest BCUT2D eigenvalue weighted by Crippen LogP contribution is -2.47. The van der Waals surface area contributed by atoms with Gasteiger partial charge in [0.2, 0.25) is 0 Å². The van der Waals surface area contributed by atoms with Gasteiger partial charge in [0.05, 0.1) is 5.69 Å². The number of piperidine rings is 1. The average molecular weight is 378 g/mol. The molecule has 3 rings (SSSR count). The van der Waals surface area contributed by atoms with Gasteiger partial charge in [-0.3, -0.25) is 4.31 Å². The van der Waals surface area contributed by atoms with Crippen molar-refractivity contribution in [2.24, 2.45) is 5.92 Å². The van der Waals surface area contributed by atoms with E-state index in [2.05, 4.69) is 0 Å². The second-order valence-electron chi connectivity index (χ2n) is 6.44. The van der Waals surface area contributed by atoms with E-state index in [0.717, 1.165) is 19.4 Å². The number of anilines is 1. The molecule has 8 heteroatoms. The summed E-state index contributed by atoms with van der Waals surface area (Å²) in [6.45, 7) is 3.76. The molecular weight excluding hydrogens is 355 g/mol. The summed E-state index contributed by atoms with van der Waals surface area (Å²) in [4.78, 5) is 2.01. The van der Waals surface area contributed by atoms with Gasteiger partial charge in [0.25, 0.3) is 10.0 Å². The highest BCUT2D eigenvalue weighted by atomic mass is 32.2. The highest BCUT2D eigenvalue weighted by Crippen LogP contribution is 2.29. The maximum atomic E-state index is 13.2. The fourth-order valence-electron chi connectivity index (χ4n) is 3.28. The molecule has 134 valence electrons. The Balaban J connectivity index is 1.88. The van der Waals surface area contributed by atoms with E-state index in [1.807, 2.05) is 35.1 Å². The Morgan fingerprint density at radius 1 is 1.28 bits per heavy atom. The average Bonchev–Trinajstić information content (AvgIpc) is 3.16. The molecule has 1 saturated heterocycles. The van der Waals surface area contributed by atoms with Crippen LogP contribution in [0.1, 0.15) is 12.8 Å². The predicted molar refractivity (Wildman–Crippen MR) is 103 cm³/mol. The van der Waals surface area contributed by atoms with Crippen LogP contribution in [0, 0.1) is 5.92 Å². The van der Waals surface area contributed by atoms with Gasteiger partial charge in [-0.2, -0.15) is 0 Å². The van der Waals surface area contributed by atoms with Crippen LogP contribution < -0.4 is 4.31 Å². The smallest absolute Gasteiger partial charge is 0.376 e. The van der Waals surface area contributed by atoms with E-state index in [9.17, 15) is 13.4 Å². The van der Waals surface area contributed by atoms with Crippen LogP contribution in [0.2, 0.25) is 6.82 Å². The lowest BCUT2D eigenvalue weighted by molar-refractivity contribution is 0.247. The van der Waals surface area contributed by atoms with Crippen molar-refractivity contribution in [1.29, 1.82) is 0 Å². The monoisotopic (exact) mass is 378 g/mol. The maximum absolute atomic E-state index is 13.2. The van der Waals surface area contributed by atoms with Gasteiger partial charge >= 0.3 is 7.05 Å². The molecule has 0 amide bonds. The van der Waals surface area contributed by atoms with Crippen LogP contribution >= 0.6 is 11.3 Å². The van der Waals surface area contributed by atoms with Gasteiger partial charge in [0, 0.05) is 6.54 Å². The quantitative estimate of drug-likeness (QED) is 0.786. The number of sulfonamides is 1. The molecule has 25 heavy (non-hydrogen) atoms. The molecule has 1 N–H and O–H groups in total. The van der Waals surface area contributed by atoms with Crippen LogP contribution in [0.15, 0.2) is 52.1 Å². The summed E-state index contributed by atoms with van der Waals surface area (Å²) in [6, 6.07) is 12.7. The zero-order valence-electron chi connectivity index (χ0n) is 14.3. The minimum absolute atomic E-state index is 0.193. The van der Waals surface area contributed by atoms with E-state index in [1.165, 1.54) is 15.6 Å². The Hall–Kier alpha value is -1.35. The van der Waals surface area contributed by atoms with E-state index in [4.69, 9.17) is 0 Å². The first-order valence-electron chi connectivity index (χ1n) is 8.52. The fraction of sp³-hybridized carbons (Fsp3) is 0.412. The van der Waals surface area contributed by atoms with Crippen molar-refractivity contribution in [3.8, 4) is 0 Å². The third kappa shape index (κ3) is 4.26. The second kappa shape index (κ2) is 7.91. The van der Waals surface area contributed by atoms with E-state index in [1.54, 1.807) is 24.3 Å². The van der Waals surface area contributed by atoms with Gasteiger partial charge in [-0.15, -0.1) is 11.3 Å². The Morgan fingerprint density at radius 3 is 2.68 bits per heavy atom. The highest BCUT2D eigenvalue weighted by molar-refractivity contribution is 7.94. The first-order chi connectivity index (χ1) is 12.0. The van der Waals surface area contributed by atoms with Crippen LogP contribution in [0.5, 0.6) is 0 Å². The molecule has 0 saturated carbocycles. The first kappa shape index (κ1) is 18.4. The summed E-state index contributed by atoms with van der Waals surface area (Å²) in [5.41, 5.74) is 0.685. The SMILES string of the molecule is CB(O)N1CCCC(CN(c2ccccc2)S(=O)(=O)c2cccs2)C1. The third-order valence-corrected chi connectivity index (χ3v) is 7.75. The van der Waals surface area contributed by atoms with E-state index in [0.29, 0.717) is 23.0 Å². The minimum Gasteiger partial charge on any atom is -0.437 e. The van der Waals surface area contributed by atoms with Crippen LogP contribution in [-0.4, -0.2) is 44.9 Å². The van der Waals surface area contributed by atoms with Gasteiger partial charge in [-0.25, -0.2) is 8.42 Å². The molecule has 1 unspecified atom stereocenters. The van der Waals surface area contributed by atoms with Crippen molar-refractivity contribution in [2.75, 3.05) is 23.9 Å². The van der Waals surface area contributed by atoms with Crippen molar-refractivity contribution in [3.63, 3.8) is 0 Å². The van der Waals surface area contributed by atoms with Crippen molar-refractivity contribution in [1.82, 2.24) is 4.81 Å². The largest absolute Gasteiger partial charge is 0.437 e. The summed E-state index contributed by atoms with van der Waals surface area (Å²) in [6.07, 6.45) is 1.93. The first-order valence-corrected chi connectivity index (χ1v) is 10.8.